The maximum absolute atomic E-state index is 5.73. The van der Waals surface area contributed by atoms with Crippen LogP contribution in [-0.2, 0) is 17.6 Å². The first-order valence-corrected chi connectivity index (χ1v) is 9.01. The summed E-state index contributed by atoms with van der Waals surface area (Å²) < 4.78 is 5.73. The topological polar surface area (TPSA) is 41.5 Å². The molecule has 3 rings (SSSR count). The Morgan fingerprint density at radius 1 is 1.26 bits per heavy atom. The summed E-state index contributed by atoms with van der Waals surface area (Å²) in [5.74, 6) is 2.05. The van der Waals surface area contributed by atoms with Crippen LogP contribution in [0.3, 0.4) is 0 Å². The minimum atomic E-state index is 0.487. The van der Waals surface area contributed by atoms with Crippen LogP contribution in [0.5, 0.6) is 0 Å². The largest absolute Gasteiger partial charge is 0.378 e. The first-order chi connectivity index (χ1) is 11.1. The second kappa shape index (κ2) is 7.58. The summed E-state index contributed by atoms with van der Waals surface area (Å²) in [6.45, 7) is 6.19. The van der Waals surface area contributed by atoms with E-state index in [0.29, 0.717) is 6.10 Å². The van der Waals surface area contributed by atoms with Crippen molar-refractivity contribution in [1.29, 1.82) is 0 Å². The molecular weight excluding hydrogens is 288 g/mol. The Morgan fingerprint density at radius 3 is 2.87 bits per heavy atom. The normalized spacial score (nSPS) is 22.0. The summed E-state index contributed by atoms with van der Waals surface area (Å²) in [5, 5.41) is 0. The van der Waals surface area contributed by atoms with Crippen molar-refractivity contribution >= 4 is 5.82 Å². The molecule has 2 aliphatic rings. The van der Waals surface area contributed by atoms with Gasteiger partial charge in [0.15, 0.2) is 0 Å². The molecule has 0 amide bonds. The Kier molecular flexibility index (Phi) is 5.49. The molecule has 0 bridgehead atoms. The lowest BCUT2D eigenvalue weighted by atomic mass is 10.1. The van der Waals surface area contributed by atoms with E-state index in [1.165, 1.54) is 36.9 Å². The summed E-state index contributed by atoms with van der Waals surface area (Å²) in [6, 6.07) is 0. The molecule has 1 aromatic rings. The van der Waals surface area contributed by atoms with E-state index in [4.69, 9.17) is 14.7 Å². The van der Waals surface area contributed by atoms with Crippen molar-refractivity contribution in [2.24, 2.45) is 0 Å². The highest BCUT2D eigenvalue weighted by atomic mass is 16.5. The van der Waals surface area contributed by atoms with Gasteiger partial charge >= 0.3 is 0 Å². The van der Waals surface area contributed by atoms with Crippen LogP contribution < -0.4 is 4.90 Å². The van der Waals surface area contributed by atoms with Gasteiger partial charge in [-0.1, -0.05) is 0 Å². The smallest absolute Gasteiger partial charge is 0.135 e. The quantitative estimate of drug-likeness (QED) is 0.832. The number of aryl methyl sites for hydroxylation is 1. The van der Waals surface area contributed by atoms with E-state index in [0.717, 1.165) is 50.7 Å². The Morgan fingerprint density at radius 2 is 2.09 bits per heavy atom. The fourth-order valence-corrected chi connectivity index (χ4v) is 3.66. The van der Waals surface area contributed by atoms with E-state index < -0.39 is 0 Å². The highest BCUT2D eigenvalue weighted by molar-refractivity contribution is 5.49. The molecule has 0 N–H and O–H groups in total. The SMILES string of the molecule is Cc1nc2c(c(N(C)CCCC3CCCO3)n1)CCN(C)CC2. The fourth-order valence-electron chi connectivity index (χ4n) is 3.66. The number of anilines is 1. The van der Waals surface area contributed by atoms with Gasteiger partial charge < -0.3 is 14.5 Å². The van der Waals surface area contributed by atoms with E-state index in [2.05, 4.69) is 23.9 Å². The molecule has 1 saturated heterocycles. The number of nitrogens with zero attached hydrogens (tertiary/aromatic N) is 4. The zero-order valence-corrected chi connectivity index (χ0v) is 14.8. The lowest BCUT2D eigenvalue weighted by molar-refractivity contribution is 0.103. The fraction of sp³-hybridized carbons (Fsp3) is 0.778. The molecule has 23 heavy (non-hydrogen) atoms. The van der Waals surface area contributed by atoms with Gasteiger partial charge in [-0.15, -0.1) is 0 Å². The third-order valence-corrected chi connectivity index (χ3v) is 5.06. The van der Waals surface area contributed by atoms with Crippen molar-refractivity contribution < 1.29 is 4.74 Å². The highest BCUT2D eigenvalue weighted by Crippen LogP contribution is 2.24. The van der Waals surface area contributed by atoms with Crippen molar-refractivity contribution in [3.63, 3.8) is 0 Å². The molecule has 3 heterocycles. The molecule has 1 aromatic heterocycles. The molecule has 1 unspecified atom stereocenters. The van der Waals surface area contributed by atoms with Crippen LogP contribution in [0.25, 0.3) is 0 Å². The van der Waals surface area contributed by atoms with Crippen LogP contribution in [-0.4, -0.2) is 61.3 Å². The minimum absolute atomic E-state index is 0.487. The number of ether oxygens (including phenoxy) is 1. The zero-order valence-electron chi connectivity index (χ0n) is 14.8. The van der Waals surface area contributed by atoms with Gasteiger partial charge in [0, 0.05) is 45.3 Å². The first kappa shape index (κ1) is 16.7. The van der Waals surface area contributed by atoms with Crippen LogP contribution in [0.2, 0.25) is 0 Å². The average molecular weight is 318 g/mol. The molecular formula is C18H30N4O. The van der Waals surface area contributed by atoms with Gasteiger partial charge in [0.25, 0.3) is 0 Å². The second-order valence-electron chi connectivity index (χ2n) is 7.02. The van der Waals surface area contributed by atoms with E-state index in [1.54, 1.807) is 0 Å². The van der Waals surface area contributed by atoms with Crippen molar-refractivity contribution in [2.75, 3.05) is 45.2 Å². The number of rotatable bonds is 5. The predicted octanol–water partition coefficient (Wildman–Crippen LogP) is 2.21. The van der Waals surface area contributed by atoms with E-state index >= 15 is 0 Å². The molecule has 5 heteroatoms. The van der Waals surface area contributed by atoms with E-state index in [9.17, 15) is 0 Å². The van der Waals surface area contributed by atoms with Crippen LogP contribution in [0.15, 0.2) is 0 Å². The monoisotopic (exact) mass is 318 g/mol. The highest BCUT2D eigenvalue weighted by Gasteiger charge is 2.20. The lowest BCUT2D eigenvalue weighted by Gasteiger charge is -2.23. The van der Waals surface area contributed by atoms with E-state index in [-0.39, 0.29) is 0 Å². The molecule has 0 radical (unpaired) electrons. The summed E-state index contributed by atoms with van der Waals surface area (Å²) in [6.07, 6.45) is 7.37. The maximum Gasteiger partial charge on any atom is 0.135 e. The van der Waals surface area contributed by atoms with Gasteiger partial charge in [-0.3, -0.25) is 0 Å². The Hall–Kier alpha value is -1.20. The molecule has 1 fully saturated rings. The van der Waals surface area contributed by atoms with Crippen LogP contribution in [0.1, 0.15) is 42.8 Å². The Labute approximate surface area is 140 Å². The molecule has 0 saturated carbocycles. The summed E-state index contributed by atoms with van der Waals surface area (Å²) in [7, 11) is 4.36. The molecule has 0 aliphatic carbocycles. The van der Waals surface area contributed by atoms with E-state index in [1.807, 2.05) is 6.92 Å². The lowest BCUT2D eigenvalue weighted by Crippen LogP contribution is -2.24. The Balaban J connectivity index is 1.67. The first-order valence-electron chi connectivity index (χ1n) is 9.01. The van der Waals surface area contributed by atoms with Crippen molar-refractivity contribution in [3.8, 4) is 0 Å². The predicted molar refractivity (Wildman–Crippen MR) is 93.2 cm³/mol. The second-order valence-corrected chi connectivity index (χ2v) is 7.02. The summed E-state index contributed by atoms with van der Waals surface area (Å²) in [5.41, 5.74) is 2.61. The zero-order chi connectivity index (χ0) is 16.2. The molecule has 1 atom stereocenters. The van der Waals surface area contributed by atoms with Gasteiger partial charge in [-0.05, 0) is 46.1 Å². The van der Waals surface area contributed by atoms with Gasteiger partial charge in [0.2, 0.25) is 0 Å². The molecule has 128 valence electrons. The van der Waals surface area contributed by atoms with Gasteiger partial charge in [0.1, 0.15) is 11.6 Å². The molecule has 5 nitrogen and oxygen atoms in total. The number of hydrogen-bond donors (Lipinski definition) is 0. The average Bonchev–Trinajstić information content (AvgIpc) is 2.97. The van der Waals surface area contributed by atoms with Crippen molar-refractivity contribution in [1.82, 2.24) is 14.9 Å². The van der Waals surface area contributed by atoms with Gasteiger partial charge in [-0.25, -0.2) is 9.97 Å². The molecule has 0 spiro atoms. The third-order valence-electron chi connectivity index (χ3n) is 5.06. The van der Waals surface area contributed by atoms with Crippen LogP contribution in [0, 0.1) is 6.92 Å². The van der Waals surface area contributed by atoms with Crippen molar-refractivity contribution in [2.45, 2.75) is 51.6 Å². The summed E-state index contributed by atoms with van der Waals surface area (Å²) in [4.78, 5) is 14.2. The van der Waals surface area contributed by atoms with Gasteiger partial charge in [-0.2, -0.15) is 0 Å². The standard InChI is InChI=1S/C18H30N4O/c1-14-19-17-9-12-21(2)11-8-16(17)18(20-14)22(3)10-4-6-15-7-5-13-23-15/h15H,4-13H2,1-3H3. The summed E-state index contributed by atoms with van der Waals surface area (Å²) >= 11 is 0. The Bertz CT molecular complexity index is 528. The number of aromatic nitrogens is 2. The van der Waals surface area contributed by atoms with Crippen LogP contribution in [0.4, 0.5) is 5.82 Å². The third kappa shape index (κ3) is 4.21. The number of hydrogen-bond acceptors (Lipinski definition) is 5. The van der Waals surface area contributed by atoms with Gasteiger partial charge in [0.05, 0.1) is 11.8 Å². The molecule has 2 aliphatic heterocycles. The van der Waals surface area contributed by atoms with Crippen LogP contribution >= 0.6 is 0 Å². The molecule has 0 aromatic carbocycles. The maximum atomic E-state index is 5.73. The number of likely N-dealkylation sites (N-methyl/N-ethyl adjacent to an activating group) is 1. The van der Waals surface area contributed by atoms with Crippen molar-refractivity contribution in [3.05, 3.63) is 17.1 Å². The minimum Gasteiger partial charge on any atom is -0.378 e. The number of fused-ring (bicyclic) bond motifs is 1.